The summed E-state index contributed by atoms with van der Waals surface area (Å²) in [5.41, 5.74) is 5.87. The Kier molecular flexibility index (Phi) is 1.85. The van der Waals surface area contributed by atoms with Crippen LogP contribution in [0.5, 0.6) is 0 Å². The van der Waals surface area contributed by atoms with Crippen LogP contribution in [0, 0.1) is 18.8 Å². The van der Waals surface area contributed by atoms with Gasteiger partial charge in [-0.1, -0.05) is 47.6 Å². The number of benzene rings is 1. The van der Waals surface area contributed by atoms with Crippen LogP contribution in [0.15, 0.2) is 42.0 Å². The Hall–Kier alpha value is -1.30. The highest BCUT2D eigenvalue weighted by molar-refractivity contribution is 5.73. The van der Waals surface area contributed by atoms with Gasteiger partial charge in [0.05, 0.1) is 0 Å². The van der Waals surface area contributed by atoms with Gasteiger partial charge in [0, 0.05) is 0 Å². The number of hydrogen-bond donors (Lipinski definition) is 0. The monoisotopic (exact) mass is 196 g/mol. The zero-order chi connectivity index (χ0) is 10.4. The van der Waals surface area contributed by atoms with E-state index >= 15 is 0 Å². The predicted molar refractivity (Wildman–Crippen MR) is 64.5 cm³/mol. The SMILES string of the molecule is CC1=CC=C(c2ccc(C)cc2)C2CC12. The van der Waals surface area contributed by atoms with Crippen LogP contribution in [0.3, 0.4) is 0 Å². The van der Waals surface area contributed by atoms with Crippen molar-refractivity contribution < 1.29 is 0 Å². The molecule has 3 rings (SSSR count). The Morgan fingerprint density at radius 3 is 2.40 bits per heavy atom. The van der Waals surface area contributed by atoms with Gasteiger partial charge in [-0.2, -0.15) is 0 Å². The van der Waals surface area contributed by atoms with Crippen LogP contribution in [0.25, 0.3) is 5.57 Å². The second kappa shape index (κ2) is 3.10. The Labute approximate surface area is 91.3 Å². The average Bonchev–Trinajstić information content (AvgIpc) is 3.01. The van der Waals surface area contributed by atoms with Crippen molar-refractivity contribution in [1.29, 1.82) is 0 Å². The Bertz CT molecular complexity index is 445. The van der Waals surface area contributed by atoms with Gasteiger partial charge in [-0.25, -0.2) is 0 Å². The van der Waals surface area contributed by atoms with E-state index < -0.39 is 0 Å². The molecule has 1 fully saturated rings. The van der Waals surface area contributed by atoms with Crippen molar-refractivity contribution in [2.24, 2.45) is 11.8 Å². The van der Waals surface area contributed by atoms with E-state index in [1.165, 1.54) is 17.5 Å². The molecule has 0 spiro atoms. The van der Waals surface area contributed by atoms with Crippen LogP contribution in [-0.4, -0.2) is 0 Å². The fourth-order valence-electron chi connectivity index (χ4n) is 2.57. The second-order valence-corrected chi connectivity index (χ2v) is 4.85. The van der Waals surface area contributed by atoms with Gasteiger partial charge in [-0.05, 0) is 43.2 Å². The van der Waals surface area contributed by atoms with Crippen molar-refractivity contribution in [1.82, 2.24) is 0 Å². The summed E-state index contributed by atoms with van der Waals surface area (Å²) in [5, 5.41) is 0. The van der Waals surface area contributed by atoms with Crippen LogP contribution in [0.4, 0.5) is 0 Å². The van der Waals surface area contributed by atoms with Gasteiger partial charge in [0.25, 0.3) is 0 Å². The number of rotatable bonds is 1. The highest BCUT2D eigenvalue weighted by Gasteiger charge is 2.42. The molecule has 2 atom stereocenters. The molecule has 0 heteroatoms. The van der Waals surface area contributed by atoms with Crippen molar-refractivity contribution in [3.05, 3.63) is 53.1 Å². The van der Waals surface area contributed by atoms with Crippen LogP contribution < -0.4 is 0 Å². The molecule has 1 aromatic rings. The van der Waals surface area contributed by atoms with Crippen molar-refractivity contribution >= 4 is 5.57 Å². The third kappa shape index (κ3) is 1.45. The lowest BCUT2D eigenvalue weighted by Gasteiger charge is -2.11. The topological polar surface area (TPSA) is 0 Å². The quantitative estimate of drug-likeness (QED) is 0.637. The molecule has 76 valence electrons. The van der Waals surface area contributed by atoms with Gasteiger partial charge in [0.1, 0.15) is 0 Å². The summed E-state index contributed by atoms with van der Waals surface area (Å²) in [4.78, 5) is 0. The number of aryl methyl sites for hydroxylation is 1. The van der Waals surface area contributed by atoms with Crippen LogP contribution in [0.2, 0.25) is 0 Å². The lowest BCUT2D eigenvalue weighted by molar-refractivity contribution is 0.923. The Morgan fingerprint density at radius 2 is 1.67 bits per heavy atom. The summed E-state index contributed by atoms with van der Waals surface area (Å²) >= 11 is 0. The molecule has 2 aliphatic carbocycles. The predicted octanol–water partition coefficient (Wildman–Crippen LogP) is 3.97. The van der Waals surface area contributed by atoms with E-state index in [-0.39, 0.29) is 0 Å². The summed E-state index contributed by atoms with van der Waals surface area (Å²) in [6, 6.07) is 8.92. The number of fused-ring (bicyclic) bond motifs is 1. The fraction of sp³-hybridized carbons (Fsp3) is 0.333. The van der Waals surface area contributed by atoms with Gasteiger partial charge in [0.2, 0.25) is 0 Å². The summed E-state index contributed by atoms with van der Waals surface area (Å²) in [6.45, 7) is 4.40. The van der Waals surface area contributed by atoms with E-state index in [0.29, 0.717) is 0 Å². The maximum absolute atomic E-state index is 2.31. The zero-order valence-electron chi connectivity index (χ0n) is 9.33. The molecule has 0 aliphatic heterocycles. The lowest BCUT2D eigenvalue weighted by Crippen LogP contribution is -1.95. The van der Waals surface area contributed by atoms with Crippen LogP contribution >= 0.6 is 0 Å². The maximum atomic E-state index is 2.31. The number of hydrogen-bond acceptors (Lipinski definition) is 0. The molecule has 1 aromatic carbocycles. The Balaban J connectivity index is 1.98. The summed E-state index contributed by atoms with van der Waals surface area (Å²) in [6.07, 6.45) is 5.97. The highest BCUT2D eigenvalue weighted by Crippen LogP contribution is 2.54. The van der Waals surface area contributed by atoms with Crippen LogP contribution in [-0.2, 0) is 0 Å². The summed E-state index contributed by atoms with van der Waals surface area (Å²) in [5.74, 6) is 1.67. The molecule has 2 aliphatic rings. The minimum absolute atomic E-state index is 0.817. The van der Waals surface area contributed by atoms with E-state index in [1.54, 1.807) is 11.1 Å². The van der Waals surface area contributed by atoms with Crippen molar-refractivity contribution in [2.45, 2.75) is 20.3 Å². The molecule has 0 amide bonds. The molecule has 15 heavy (non-hydrogen) atoms. The first-order valence-corrected chi connectivity index (χ1v) is 5.71. The number of allylic oxidation sites excluding steroid dienone is 4. The Morgan fingerprint density at radius 1 is 0.933 bits per heavy atom. The van der Waals surface area contributed by atoms with E-state index in [2.05, 4.69) is 50.3 Å². The average molecular weight is 196 g/mol. The molecule has 2 unspecified atom stereocenters. The molecule has 0 bridgehead atoms. The van der Waals surface area contributed by atoms with Gasteiger partial charge in [-0.3, -0.25) is 0 Å². The van der Waals surface area contributed by atoms with Gasteiger partial charge in [-0.15, -0.1) is 0 Å². The van der Waals surface area contributed by atoms with Gasteiger partial charge < -0.3 is 0 Å². The standard InChI is InChI=1S/C15H16/c1-10-3-6-12(7-4-10)13-8-5-11(2)14-9-15(13)14/h3-8,14-15H,9H2,1-2H3. The summed E-state index contributed by atoms with van der Waals surface area (Å²) < 4.78 is 0. The largest absolute Gasteiger partial charge is 0.0696 e. The molecule has 0 saturated heterocycles. The first kappa shape index (κ1) is 8.96. The van der Waals surface area contributed by atoms with Crippen molar-refractivity contribution in [3.63, 3.8) is 0 Å². The molecule has 0 nitrogen and oxygen atoms in total. The molecule has 1 saturated carbocycles. The van der Waals surface area contributed by atoms with Gasteiger partial charge in [0.15, 0.2) is 0 Å². The van der Waals surface area contributed by atoms with Crippen LogP contribution in [0.1, 0.15) is 24.5 Å². The smallest absolute Gasteiger partial charge is 0.00843 e. The van der Waals surface area contributed by atoms with Gasteiger partial charge >= 0.3 is 0 Å². The molecule has 0 heterocycles. The lowest BCUT2D eigenvalue weighted by atomic mass is 9.93. The molecular weight excluding hydrogens is 180 g/mol. The van der Waals surface area contributed by atoms with Crippen molar-refractivity contribution in [2.75, 3.05) is 0 Å². The minimum atomic E-state index is 0.817. The maximum Gasteiger partial charge on any atom is -0.00843 e. The summed E-state index contributed by atoms with van der Waals surface area (Å²) in [7, 11) is 0. The molecule has 0 N–H and O–H groups in total. The zero-order valence-corrected chi connectivity index (χ0v) is 9.33. The fourth-order valence-corrected chi connectivity index (χ4v) is 2.57. The van der Waals surface area contributed by atoms with E-state index in [4.69, 9.17) is 0 Å². The van der Waals surface area contributed by atoms with Crippen molar-refractivity contribution in [3.8, 4) is 0 Å². The van der Waals surface area contributed by atoms with E-state index in [9.17, 15) is 0 Å². The third-order valence-corrected chi connectivity index (χ3v) is 3.69. The first-order chi connectivity index (χ1) is 7.25. The van der Waals surface area contributed by atoms with E-state index in [1.807, 2.05) is 0 Å². The second-order valence-electron chi connectivity index (χ2n) is 4.85. The molecule has 0 radical (unpaired) electrons. The third-order valence-electron chi connectivity index (χ3n) is 3.69. The van der Waals surface area contributed by atoms with E-state index in [0.717, 1.165) is 11.8 Å². The normalized spacial score (nSPS) is 27.9. The first-order valence-electron chi connectivity index (χ1n) is 5.71. The minimum Gasteiger partial charge on any atom is -0.0696 e. The molecule has 0 aromatic heterocycles. The molecular formula is C15H16. The highest BCUT2D eigenvalue weighted by atomic mass is 14.5.